The molecule has 4 rings (SSSR count). The zero-order chi connectivity index (χ0) is 21.6. The monoisotopic (exact) mass is 431 g/mol. The number of amides is 1. The number of aromatic nitrogens is 4. The van der Waals surface area contributed by atoms with E-state index in [1.807, 2.05) is 73.3 Å². The summed E-state index contributed by atoms with van der Waals surface area (Å²) in [4.78, 5) is 25.2. The average molecular weight is 432 g/mol. The number of rotatable bonds is 8. The summed E-state index contributed by atoms with van der Waals surface area (Å²) >= 11 is 1.41. The van der Waals surface area contributed by atoms with Gasteiger partial charge in [-0.25, -0.2) is 9.97 Å². The summed E-state index contributed by atoms with van der Waals surface area (Å²) in [7, 11) is 1.93. The highest BCUT2D eigenvalue weighted by Gasteiger charge is 2.21. The van der Waals surface area contributed by atoms with Crippen LogP contribution in [-0.4, -0.2) is 31.2 Å². The van der Waals surface area contributed by atoms with Crippen molar-refractivity contribution < 1.29 is 4.79 Å². The maximum atomic E-state index is 12.8. The van der Waals surface area contributed by atoms with Gasteiger partial charge in [-0.05, 0) is 18.1 Å². The first-order valence-electron chi connectivity index (χ1n) is 10.1. The van der Waals surface area contributed by atoms with E-state index >= 15 is 0 Å². The van der Waals surface area contributed by atoms with Crippen LogP contribution < -0.4 is 5.32 Å². The number of H-pyrrole nitrogens is 1. The summed E-state index contributed by atoms with van der Waals surface area (Å²) < 4.78 is 1.93. The van der Waals surface area contributed by atoms with Gasteiger partial charge in [-0.3, -0.25) is 4.79 Å². The molecule has 2 aromatic heterocycles. The number of nitrogens with one attached hydrogen (secondary N) is 2. The second-order valence-corrected chi connectivity index (χ2v) is 8.34. The van der Waals surface area contributed by atoms with E-state index in [1.165, 1.54) is 17.3 Å². The molecule has 0 fully saturated rings. The molecule has 0 spiro atoms. The van der Waals surface area contributed by atoms with Gasteiger partial charge in [0.2, 0.25) is 5.91 Å². The molecule has 31 heavy (non-hydrogen) atoms. The number of nitrogens with zero attached hydrogens (tertiary/aromatic N) is 3. The number of benzene rings is 2. The van der Waals surface area contributed by atoms with Crippen LogP contribution in [0.5, 0.6) is 0 Å². The van der Waals surface area contributed by atoms with Crippen molar-refractivity contribution >= 4 is 17.7 Å². The molecular weight excluding hydrogens is 406 g/mol. The van der Waals surface area contributed by atoms with Gasteiger partial charge < -0.3 is 14.9 Å². The summed E-state index contributed by atoms with van der Waals surface area (Å²) in [6.45, 7) is 2.02. The zero-order valence-electron chi connectivity index (χ0n) is 17.6. The van der Waals surface area contributed by atoms with E-state index in [-0.39, 0.29) is 17.7 Å². The molecule has 7 heteroatoms. The Morgan fingerprint density at radius 3 is 2.52 bits per heavy atom. The van der Waals surface area contributed by atoms with Crippen LogP contribution in [0.4, 0.5) is 0 Å². The molecule has 2 aromatic carbocycles. The fourth-order valence-corrected chi connectivity index (χ4v) is 4.18. The van der Waals surface area contributed by atoms with Crippen molar-refractivity contribution in [3.63, 3.8) is 0 Å². The van der Waals surface area contributed by atoms with E-state index in [2.05, 4.69) is 32.4 Å². The Morgan fingerprint density at radius 1 is 1.13 bits per heavy atom. The molecule has 0 radical (unpaired) electrons. The molecule has 0 aliphatic carbocycles. The number of imidazole rings is 2. The number of hydrogen-bond donors (Lipinski definition) is 2. The Labute approximate surface area is 186 Å². The fraction of sp³-hybridized carbons (Fsp3) is 0.208. The van der Waals surface area contributed by atoms with Gasteiger partial charge in [0, 0.05) is 31.6 Å². The molecule has 2 N–H and O–H groups in total. The lowest BCUT2D eigenvalue weighted by Gasteiger charge is -2.19. The van der Waals surface area contributed by atoms with Crippen molar-refractivity contribution in [2.45, 2.75) is 24.5 Å². The molecule has 0 aliphatic rings. The summed E-state index contributed by atoms with van der Waals surface area (Å²) in [5.74, 6) is 0.995. The Balaban J connectivity index is 1.41. The number of aryl methyl sites for hydroxylation is 2. The minimum atomic E-state index is -0.304. The quantitative estimate of drug-likeness (QED) is 0.413. The fourth-order valence-electron chi connectivity index (χ4n) is 3.43. The van der Waals surface area contributed by atoms with E-state index in [4.69, 9.17) is 0 Å². The standard InChI is InChI=1S/C24H25N5OS/c1-17-20(15-18-9-5-3-6-10-18)27-24(26-17)31-16-21(30)28-22(19-11-7-4-8-12-19)23-25-13-14-29(23)2/h3-14,22H,15-16H2,1-2H3,(H,26,27)(H,28,30)/t22-/m1/s1. The Morgan fingerprint density at radius 2 is 1.84 bits per heavy atom. The highest BCUT2D eigenvalue weighted by Crippen LogP contribution is 2.22. The molecule has 0 aliphatic heterocycles. The van der Waals surface area contributed by atoms with Crippen LogP contribution >= 0.6 is 11.8 Å². The summed E-state index contributed by atoms with van der Waals surface area (Å²) in [5.41, 5.74) is 4.24. The molecule has 0 saturated carbocycles. The number of thioether (sulfide) groups is 1. The van der Waals surface area contributed by atoms with Gasteiger partial charge in [-0.1, -0.05) is 72.4 Å². The van der Waals surface area contributed by atoms with Crippen molar-refractivity contribution in [1.29, 1.82) is 0 Å². The highest BCUT2D eigenvalue weighted by atomic mass is 32.2. The van der Waals surface area contributed by atoms with Gasteiger partial charge in [-0.15, -0.1) is 0 Å². The molecule has 1 amide bonds. The SMILES string of the molecule is Cc1[nH]c(SCC(=O)N[C@H](c2ccccc2)c2nccn2C)nc1Cc1ccccc1. The Kier molecular flexibility index (Phi) is 6.52. The van der Waals surface area contributed by atoms with E-state index in [0.717, 1.165) is 34.4 Å². The van der Waals surface area contributed by atoms with Gasteiger partial charge in [0.15, 0.2) is 5.16 Å². The summed E-state index contributed by atoms with van der Waals surface area (Å²) in [5, 5.41) is 3.88. The minimum absolute atomic E-state index is 0.0690. The normalized spacial score (nSPS) is 11.9. The number of carbonyl (C=O) groups is 1. The van der Waals surface area contributed by atoms with Crippen molar-refractivity contribution in [1.82, 2.24) is 24.8 Å². The number of hydrogen-bond acceptors (Lipinski definition) is 4. The predicted octanol–water partition coefficient (Wildman–Crippen LogP) is 4.04. The highest BCUT2D eigenvalue weighted by molar-refractivity contribution is 7.99. The van der Waals surface area contributed by atoms with Crippen LogP contribution in [0.25, 0.3) is 0 Å². The minimum Gasteiger partial charge on any atom is -0.341 e. The van der Waals surface area contributed by atoms with E-state index < -0.39 is 0 Å². The molecular formula is C24H25N5OS. The lowest BCUT2D eigenvalue weighted by molar-refractivity contribution is -0.119. The van der Waals surface area contributed by atoms with E-state index in [9.17, 15) is 4.79 Å². The largest absolute Gasteiger partial charge is 0.341 e. The van der Waals surface area contributed by atoms with Crippen LogP contribution in [0.3, 0.4) is 0 Å². The average Bonchev–Trinajstić information content (AvgIpc) is 3.37. The predicted molar refractivity (Wildman–Crippen MR) is 123 cm³/mol. The third kappa shape index (κ3) is 5.24. The first-order chi connectivity index (χ1) is 15.1. The summed E-state index contributed by atoms with van der Waals surface area (Å²) in [6.07, 6.45) is 4.39. The number of aromatic amines is 1. The van der Waals surface area contributed by atoms with Gasteiger partial charge in [0.1, 0.15) is 11.9 Å². The van der Waals surface area contributed by atoms with Crippen LogP contribution in [0, 0.1) is 6.92 Å². The van der Waals surface area contributed by atoms with Gasteiger partial charge in [-0.2, -0.15) is 0 Å². The second-order valence-electron chi connectivity index (χ2n) is 7.37. The molecule has 6 nitrogen and oxygen atoms in total. The van der Waals surface area contributed by atoms with Crippen molar-refractivity contribution in [2.24, 2.45) is 7.05 Å². The Hall–Kier alpha value is -3.32. The maximum Gasteiger partial charge on any atom is 0.231 e. The van der Waals surface area contributed by atoms with Crippen LogP contribution in [0.1, 0.15) is 34.4 Å². The van der Waals surface area contributed by atoms with Crippen LogP contribution in [0.2, 0.25) is 0 Å². The van der Waals surface area contributed by atoms with Gasteiger partial charge in [0.05, 0.1) is 11.4 Å². The third-order valence-corrected chi connectivity index (χ3v) is 5.95. The van der Waals surface area contributed by atoms with Gasteiger partial charge in [0.25, 0.3) is 0 Å². The molecule has 1 atom stereocenters. The molecule has 0 unspecified atom stereocenters. The summed E-state index contributed by atoms with van der Waals surface area (Å²) in [6, 6.07) is 19.8. The van der Waals surface area contributed by atoms with Crippen molar-refractivity contribution in [3.05, 3.63) is 101 Å². The maximum absolute atomic E-state index is 12.8. The number of carbonyl (C=O) groups excluding carboxylic acids is 1. The Bertz CT molecular complexity index is 1140. The molecule has 0 bridgehead atoms. The lowest BCUT2D eigenvalue weighted by atomic mass is 10.1. The van der Waals surface area contributed by atoms with Crippen LogP contribution in [-0.2, 0) is 18.3 Å². The smallest absolute Gasteiger partial charge is 0.231 e. The van der Waals surface area contributed by atoms with Gasteiger partial charge >= 0.3 is 0 Å². The molecule has 158 valence electrons. The third-order valence-electron chi connectivity index (χ3n) is 5.07. The topological polar surface area (TPSA) is 75.6 Å². The van der Waals surface area contributed by atoms with Crippen molar-refractivity contribution in [3.8, 4) is 0 Å². The molecule has 2 heterocycles. The zero-order valence-corrected chi connectivity index (χ0v) is 18.4. The van der Waals surface area contributed by atoms with Crippen LogP contribution in [0.15, 0.2) is 78.2 Å². The van der Waals surface area contributed by atoms with Crippen molar-refractivity contribution in [2.75, 3.05) is 5.75 Å². The lowest BCUT2D eigenvalue weighted by Crippen LogP contribution is -2.32. The second kappa shape index (κ2) is 9.66. The first kappa shape index (κ1) is 20.9. The molecule has 0 saturated heterocycles. The molecule has 4 aromatic rings. The van der Waals surface area contributed by atoms with E-state index in [1.54, 1.807) is 6.20 Å². The first-order valence-corrected chi connectivity index (χ1v) is 11.1. The van der Waals surface area contributed by atoms with E-state index in [0.29, 0.717) is 0 Å².